The normalized spacial score (nSPS) is 11.2. The van der Waals surface area contributed by atoms with Crippen molar-refractivity contribution >= 4 is 39.3 Å². The minimum Gasteiger partial charge on any atom is -0.463 e. The number of thiophene rings is 1. The molecular formula is C21H17FN2O3S2. The number of methoxy groups -OCH3 is 1. The van der Waals surface area contributed by atoms with Crippen molar-refractivity contribution in [2.45, 2.75) is 24.6 Å². The molecule has 3 aromatic heterocycles. The highest BCUT2D eigenvalue weighted by Gasteiger charge is 2.19. The lowest BCUT2D eigenvalue weighted by Crippen LogP contribution is -1.98. The van der Waals surface area contributed by atoms with Gasteiger partial charge in [0.05, 0.1) is 18.2 Å². The Bertz CT molecular complexity index is 1200. The first-order valence-electron chi connectivity index (χ1n) is 8.79. The summed E-state index contributed by atoms with van der Waals surface area (Å²) in [4.78, 5) is 22.8. The Balaban J connectivity index is 1.73. The number of hydrogen-bond donors (Lipinski definition) is 0. The van der Waals surface area contributed by atoms with E-state index in [0.717, 1.165) is 31.2 Å². The summed E-state index contributed by atoms with van der Waals surface area (Å²) in [5.41, 5.74) is 1.94. The third-order valence-corrected chi connectivity index (χ3v) is 6.34. The van der Waals surface area contributed by atoms with Gasteiger partial charge in [0.2, 0.25) is 5.76 Å². The molecule has 0 N–H and O–H groups in total. The van der Waals surface area contributed by atoms with Gasteiger partial charge in [0.1, 0.15) is 27.3 Å². The predicted molar refractivity (Wildman–Crippen MR) is 112 cm³/mol. The molecule has 0 fully saturated rings. The first-order valence-corrected chi connectivity index (χ1v) is 10.6. The summed E-state index contributed by atoms with van der Waals surface area (Å²) in [6.45, 7) is 3.89. The van der Waals surface area contributed by atoms with Crippen LogP contribution in [0, 0.1) is 19.7 Å². The lowest BCUT2D eigenvalue weighted by molar-refractivity contribution is 0.0563. The zero-order valence-corrected chi connectivity index (χ0v) is 17.6. The number of fused-ring (bicyclic) bond motifs is 1. The number of carbonyl (C=O) groups excluding carboxylic acids is 1. The van der Waals surface area contributed by atoms with E-state index in [0.29, 0.717) is 17.3 Å². The molecule has 0 aliphatic carbocycles. The molecule has 0 saturated carbocycles. The fourth-order valence-electron chi connectivity index (χ4n) is 3.06. The van der Waals surface area contributed by atoms with Crippen molar-refractivity contribution < 1.29 is 18.3 Å². The molecule has 0 amide bonds. The van der Waals surface area contributed by atoms with Crippen LogP contribution < -0.4 is 0 Å². The maximum Gasteiger partial charge on any atom is 0.373 e. The Labute approximate surface area is 174 Å². The number of thioether (sulfide) groups is 1. The number of halogens is 1. The Hall–Kier alpha value is -2.71. The van der Waals surface area contributed by atoms with Crippen LogP contribution in [0.15, 0.2) is 45.8 Å². The molecule has 148 valence electrons. The maximum absolute atomic E-state index is 13.4. The van der Waals surface area contributed by atoms with Gasteiger partial charge in [0.15, 0.2) is 0 Å². The van der Waals surface area contributed by atoms with E-state index < -0.39 is 5.97 Å². The average molecular weight is 429 g/mol. The summed E-state index contributed by atoms with van der Waals surface area (Å²) in [5, 5.41) is 1.78. The van der Waals surface area contributed by atoms with Gasteiger partial charge in [-0.05, 0) is 43.7 Å². The van der Waals surface area contributed by atoms with Gasteiger partial charge in [-0.25, -0.2) is 19.2 Å². The fourth-order valence-corrected chi connectivity index (χ4v) is 5.18. The third-order valence-electron chi connectivity index (χ3n) is 4.34. The number of aryl methyl sites for hydroxylation is 2. The molecule has 0 aliphatic rings. The molecule has 1 aromatic carbocycles. The standard InChI is InChI=1S/C21H17FN2O3S2/c1-11-17(13-4-6-14(22)7-5-13)18-19(23-12(2)24-20(18)29-11)28-10-15-8-9-16(27-15)21(25)26-3/h4-9H,10H2,1-3H3. The number of rotatable bonds is 5. The molecule has 8 heteroatoms. The van der Waals surface area contributed by atoms with Gasteiger partial charge in [-0.1, -0.05) is 23.9 Å². The molecule has 0 spiro atoms. The van der Waals surface area contributed by atoms with Gasteiger partial charge >= 0.3 is 5.97 Å². The number of furan rings is 1. The molecule has 0 radical (unpaired) electrons. The Morgan fingerprint density at radius 1 is 1.17 bits per heavy atom. The van der Waals surface area contributed by atoms with E-state index >= 15 is 0 Å². The molecule has 29 heavy (non-hydrogen) atoms. The first-order chi connectivity index (χ1) is 14.0. The lowest BCUT2D eigenvalue weighted by atomic mass is 10.0. The summed E-state index contributed by atoms with van der Waals surface area (Å²) < 4.78 is 23.6. The molecule has 3 heterocycles. The van der Waals surface area contributed by atoms with Crippen molar-refractivity contribution in [3.63, 3.8) is 0 Å². The van der Waals surface area contributed by atoms with Crippen LogP contribution in [0.3, 0.4) is 0 Å². The second-order valence-electron chi connectivity index (χ2n) is 6.34. The summed E-state index contributed by atoms with van der Waals surface area (Å²) in [6.07, 6.45) is 0. The third kappa shape index (κ3) is 3.90. The highest BCUT2D eigenvalue weighted by molar-refractivity contribution is 7.98. The van der Waals surface area contributed by atoms with Crippen molar-refractivity contribution in [3.05, 3.63) is 64.4 Å². The highest BCUT2D eigenvalue weighted by Crippen LogP contribution is 2.42. The van der Waals surface area contributed by atoms with Crippen LogP contribution in [-0.4, -0.2) is 23.0 Å². The number of esters is 1. The second-order valence-corrected chi connectivity index (χ2v) is 8.51. The minimum atomic E-state index is -0.506. The maximum atomic E-state index is 13.4. The van der Waals surface area contributed by atoms with Crippen LogP contribution in [-0.2, 0) is 10.5 Å². The zero-order chi connectivity index (χ0) is 20.5. The quantitative estimate of drug-likeness (QED) is 0.228. The Kier molecular flexibility index (Phi) is 5.38. The van der Waals surface area contributed by atoms with Gasteiger partial charge in [-0.15, -0.1) is 11.3 Å². The number of ether oxygens (including phenoxy) is 1. The van der Waals surface area contributed by atoms with E-state index in [1.165, 1.54) is 31.0 Å². The monoisotopic (exact) mass is 428 g/mol. The largest absolute Gasteiger partial charge is 0.463 e. The van der Waals surface area contributed by atoms with Crippen LogP contribution in [0.5, 0.6) is 0 Å². The van der Waals surface area contributed by atoms with E-state index in [2.05, 4.69) is 14.7 Å². The summed E-state index contributed by atoms with van der Waals surface area (Å²) in [5.74, 6) is 1.22. The van der Waals surface area contributed by atoms with E-state index in [1.807, 2.05) is 13.8 Å². The van der Waals surface area contributed by atoms with Crippen LogP contribution in [0.1, 0.15) is 27.0 Å². The van der Waals surface area contributed by atoms with Crippen LogP contribution >= 0.6 is 23.1 Å². The number of nitrogens with zero attached hydrogens (tertiary/aromatic N) is 2. The van der Waals surface area contributed by atoms with Gasteiger partial charge in [0, 0.05) is 10.4 Å². The average Bonchev–Trinajstić information content (AvgIpc) is 3.30. The van der Waals surface area contributed by atoms with E-state index in [4.69, 9.17) is 4.42 Å². The van der Waals surface area contributed by atoms with Gasteiger partial charge in [0.25, 0.3) is 0 Å². The molecule has 0 aliphatic heterocycles. The SMILES string of the molecule is COC(=O)c1ccc(CSc2nc(C)nc3sc(C)c(-c4ccc(F)cc4)c23)o1. The van der Waals surface area contributed by atoms with Gasteiger partial charge in [-0.2, -0.15) is 0 Å². The minimum absolute atomic E-state index is 0.172. The molecule has 0 unspecified atom stereocenters. The van der Waals surface area contributed by atoms with Crippen molar-refractivity contribution in [3.8, 4) is 11.1 Å². The number of benzene rings is 1. The zero-order valence-electron chi connectivity index (χ0n) is 16.0. The number of aromatic nitrogens is 2. The number of carbonyl (C=O) groups is 1. The first kappa shape index (κ1) is 19.6. The smallest absolute Gasteiger partial charge is 0.373 e. The Morgan fingerprint density at radius 3 is 2.66 bits per heavy atom. The van der Waals surface area contributed by atoms with E-state index in [9.17, 15) is 9.18 Å². The van der Waals surface area contributed by atoms with Crippen LogP contribution in [0.25, 0.3) is 21.3 Å². The van der Waals surface area contributed by atoms with E-state index in [-0.39, 0.29) is 11.6 Å². The highest BCUT2D eigenvalue weighted by atomic mass is 32.2. The van der Waals surface area contributed by atoms with Crippen LogP contribution in [0.4, 0.5) is 4.39 Å². The molecule has 5 nitrogen and oxygen atoms in total. The fraction of sp³-hybridized carbons (Fsp3) is 0.190. The van der Waals surface area contributed by atoms with Gasteiger partial charge in [-0.3, -0.25) is 0 Å². The second kappa shape index (κ2) is 7.96. The number of hydrogen-bond acceptors (Lipinski definition) is 7. The molecule has 0 saturated heterocycles. The van der Waals surface area contributed by atoms with Crippen molar-refractivity contribution in [1.82, 2.24) is 9.97 Å². The summed E-state index contributed by atoms with van der Waals surface area (Å²) in [7, 11) is 1.32. The Morgan fingerprint density at radius 2 is 1.93 bits per heavy atom. The van der Waals surface area contributed by atoms with Crippen molar-refractivity contribution in [2.24, 2.45) is 0 Å². The summed E-state index contributed by atoms with van der Waals surface area (Å²) in [6, 6.07) is 9.81. The molecule has 0 atom stereocenters. The van der Waals surface area contributed by atoms with Crippen molar-refractivity contribution in [2.75, 3.05) is 7.11 Å². The molecule has 4 aromatic rings. The summed E-state index contributed by atoms with van der Waals surface area (Å²) >= 11 is 3.11. The van der Waals surface area contributed by atoms with Gasteiger partial charge < -0.3 is 9.15 Å². The molecular weight excluding hydrogens is 411 g/mol. The topological polar surface area (TPSA) is 65.2 Å². The van der Waals surface area contributed by atoms with E-state index in [1.54, 1.807) is 35.6 Å². The molecule has 4 rings (SSSR count). The lowest BCUT2D eigenvalue weighted by Gasteiger charge is -2.07. The van der Waals surface area contributed by atoms with Crippen molar-refractivity contribution in [1.29, 1.82) is 0 Å². The predicted octanol–water partition coefficient (Wildman–Crippen LogP) is 5.79. The van der Waals surface area contributed by atoms with Crippen LogP contribution in [0.2, 0.25) is 0 Å². The molecule has 0 bridgehead atoms.